The SMILES string of the molecule is CCOC(=O)c1[c-]nc(SC)[nH]c1=O.[Fe]. The second-order valence-corrected chi connectivity index (χ2v) is 3.08. The first kappa shape index (κ1) is 14.2. The van der Waals surface area contributed by atoms with Crippen LogP contribution in [0.4, 0.5) is 0 Å². The van der Waals surface area contributed by atoms with Gasteiger partial charge in [-0.2, -0.15) is 0 Å². The Morgan fingerprint density at radius 3 is 2.80 bits per heavy atom. The van der Waals surface area contributed by atoms with Crippen LogP contribution in [0.15, 0.2) is 9.95 Å². The molecule has 1 aromatic heterocycles. The number of esters is 1. The molecule has 1 heterocycles. The summed E-state index contributed by atoms with van der Waals surface area (Å²) < 4.78 is 4.65. The summed E-state index contributed by atoms with van der Waals surface area (Å²) in [7, 11) is 0. The molecule has 0 aliphatic rings. The van der Waals surface area contributed by atoms with Crippen LogP contribution in [-0.2, 0) is 21.8 Å². The van der Waals surface area contributed by atoms with Crippen LogP contribution >= 0.6 is 11.8 Å². The van der Waals surface area contributed by atoms with Crippen LogP contribution in [0.2, 0.25) is 0 Å². The maximum atomic E-state index is 11.3. The second kappa shape index (κ2) is 6.66. The van der Waals surface area contributed by atoms with Gasteiger partial charge in [0.25, 0.3) is 5.97 Å². The zero-order valence-corrected chi connectivity index (χ0v) is 10.1. The molecule has 15 heavy (non-hydrogen) atoms. The summed E-state index contributed by atoms with van der Waals surface area (Å²) in [4.78, 5) is 28.6. The van der Waals surface area contributed by atoms with Gasteiger partial charge in [-0.15, -0.1) is 11.8 Å². The third-order valence-corrected chi connectivity index (χ3v) is 1.97. The molecule has 0 fully saturated rings. The Morgan fingerprint density at radius 2 is 2.33 bits per heavy atom. The molecular weight excluding hydrogens is 260 g/mol. The van der Waals surface area contributed by atoms with Crippen LogP contribution in [0.5, 0.6) is 0 Å². The summed E-state index contributed by atoms with van der Waals surface area (Å²) in [6.45, 7) is 1.88. The zero-order valence-electron chi connectivity index (χ0n) is 8.14. The number of hydrogen-bond donors (Lipinski definition) is 1. The van der Waals surface area contributed by atoms with E-state index in [0.717, 1.165) is 0 Å². The van der Waals surface area contributed by atoms with E-state index in [4.69, 9.17) is 0 Å². The predicted octanol–water partition coefficient (Wildman–Crippen LogP) is 0.466. The predicted molar refractivity (Wildman–Crippen MR) is 51.4 cm³/mol. The molecule has 0 saturated carbocycles. The number of carbonyl (C=O) groups is 1. The summed E-state index contributed by atoms with van der Waals surface area (Å²) in [6, 6.07) is 0. The van der Waals surface area contributed by atoms with Gasteiger partial charge in [-0.1, -0.05) is 0 Å². The van der Waals surface area contributed by atoms with Crippen molar-refractivity contribution >= 4 is 17.7 Å². The molecule has 0 spiro atoms. The van der Waals surface area contributed by atoms with Crippen molar-refractivity contribution in [3.63, 3.8) is 0 Å². The van der Waals surface area contributed by atoms with E-state index in [1.807, 2.05) is 0 Å². The Bertz CT molecular complexity index is 394. The summed E-state index contributed by atoms with van der Waals surface area (Å²) in [6.07, 6.45) is 4.11. The first-order chi connectivity index (χ1) is 6.69. The van der Waals surface area contributed by atoms with Gasteiger partial charge in [0.15, 0.2) is 5.56 Å². The van der Waals surface area contributed by atoms with E-state index in [2.05, 4.69) is 20.9 Å². The average molecular weight is 269 g/mol. The van der Waals surface area contributed by atoms with E-state index in [1.165, 1.54) is 11.8 Å². The van der Waals surface area contributed by atoms with Gasteiger partial charge in [0, 0.05) is 22.6 Å². The van der Waals surface area contributed by atoms with Crippen LogP contribution in [0.25, 0.3) is 0 Å². The smallest absolute Gasteiger partial charge is 0.256 e. The fourth-order valence-electron chi connectivity index (χ4n) is 0.783. The second-order valence-electron chi connectivity index (χ2n) is 2.28. The van der Waals surface area contributed by atoms with Gasteiger partial charge in [0.05, 0.1) is 11.8 Å². The molecular formula is C8H9FeN2O3S-. The van der Waals surface area contributed by atoms with Crippen LogP contribution in [0.3, 0.4) is 0 Å². The number of carbonyl (C=O) groups excluding carboxylic acids is 1. The molecule has 0 aliphatic heterocycles. The number of nitrogens with zero attached hydrogens (tertiary/aromatic N) is 1. The summed E-state index contributed by atoms with van der Waals surface area (Å²) in [5, 5.41) is 0.419. The van der Waals surface area contributed by atoms with E-state index in [-0.39, 0.29) is 29.2 Å². The van der Waals surface area contributed by atoms with Crippen molar-refractivity contribution in [3.8, 4) is 0 Å². The standard InChI is InChI=1S/C8H9N2O3S.Fe/c1-3-13-7(12)5-4-9-8(14-2)10-6(5)11;/h3H2,1-2H3,(H,9,10,11);/q-1;. The minimum Gasteiger partial charge on any atom is -0.505 e. The van der Waals surface area contributed by atoms with Crippen molar-refractivity contribution < 1.29 is 26.6 Å². The Kier molecular flexibility index (Phi) is 6.31. The summed E-state index contributed by atoms with van der Waals surface area (Å²) >= 11 is 1.27. The molecule has 5 nitrogen and oxygen atoms in total. The van der Waals surface area contributed by atoms with Crippen LogP contribution in [0, 0.1) is 6.20 Å². The third kappa shape index (κ3) is 3.70. The zero-order chi connectivity index (χ0) is 10.6. The summed E-state index contributed by atoms with van der Waals surface area (Å²) in [5.74, 6) is -0.700. The molecule has 0 unspecified atom stereocenters. The molecule has 7 heteroatoms. The molecule has 1 aromatic rings. The molecule has 0 radical (unpaired) electrons. The largest absolute Gasteiger partial charge is 0.505 e. The minimum atomic E-state index is -0.700. The Morgan fingerprint density at radius 1 is 1.67 bits per heavy atom. The average Bonchev–Trinajstić information content (AvgIpc) is 2.17. The van der Waals surface area contributed by atoms with Gasteiger partial charge in [-0.25, -0.2) is 0 Å². The number of aromatic amines is 1. The molecule has 0 bridgehead atoms. The van der Waals surface area contributed by atoms with Crippen LogP contribution in [-0.4, -0.2) is 28.8 Å². The summed E-state index contributed by atoms with van der Waals surface area (Å²) in [5.41, 5.74) is -0.715. The molecule has 1 rings (SSSR count). The van der Waals surface area contributed by atoms with E-state index in [9.17, 15) is 9.59 Å². The number of hydrogen-bond acceptors (Lipinski definition) is 5. The van der Waals surface area contributed by atoms with E-state index < -0.39 is 11.5 Å². The fourth-order valence-corrected chi connectivity index (χ4v) is 1.11. The Balaban J connectivity index is 0.00000196. The number of ether oxygens (including phenoxy) is 1. The molecule has 1 N–H and O–H groups in total. The number of thioether (sulfide) groups is 1. The topological polar surface area (TPSA) is 72.0 Å². The molecule has 84 valence electrons. The molecule has 0 atom stereocenters. The van der Waals surface area contributed by atoms with E-state index in [0.29, 0.717) is 5.16 Å². The van der Waals surface area contributed by atoms with Gasteiger partial charge >= 0.3 is 0 Å². The van der Waals surface area contributed by atoms with E-state index in [1.54, 1.807) is 13.2 Å². The van der Waals surface area contributed by atoms with Crippen molar-refractivity contribution in [1.29, 1.82) is 0 Å². The van der Waals surface area contributed by atoms with Crippen molar-refractivity contribution in [1.82, 2.24) is 9.97 Å². The quantitative estimate of drug-likeness (QED) is 0.284. The van der Waals surface area contributed by atoms with Crippen LogP contribution in [0.1, 0.15) is 17.3 Å². The maximum absolute atomic E-state index is 11.3. The van der Waals surface area contributed by atoms with Gasteiger partial charge in [0.1, 0.15) is 0 Å². The first-order valence-electron chi connectivity index (χ1n) is 3.92. The van der Waals surface area contributed by atoms with Gasteiger partial charge in [-0.05, 0) is 19.4 Å². The molecule has 0 aromatic carbocycles. The van der Waals surface area contributed by atoms with E-state index >= 15 is 0 Å². The Hall–Kier alpha value is -0.781. The van der Waals surface area contributed by atoms with Crippen molar-refractivity contribution in [2.75, 3.05) is 12.9 Å². The molecule has 0 amide bonds. The minimum absolute atomic E-state index is 0. The van der Waals surface area contributed by atoms with Gasteiger partial charge < -0.3 is 24.3 Å². The van der Waals surface area contributed by atoms with Gasteiger partial charge in [0.2, 0.25) is 0 Å². The third-order valence-electron chi connectivity index (χ3n) is 1.39. The fraction of sp³-hybridized carbons (Fsp3) is 0.375. The normalized spacial score (nSPS) is 9.20. The Labute approximate surface area is 101 Å². The van der Waals surface area contributed by atoms with Crippen molar-refractivity contribution in [2.24, 2.45) is 0 Å². The van der Waals surface area contributed by atoms with Crippen LogP contribution < -0.4 is 5.56 Å². The number of H-pyrrole nitrogens is 1. The number of aromatic nitrogens is 2. The molecule has 0 aliphatic carbocycles. The number of rotatable bonds is 3. The number of nitrogens with one attached hydrogen (secondary N) is 1. The van der Waals surface area contributed by atoms with Crippen molar-refractivity contribution in [3.05, 3.63) is 22.1 Å². The maximum Gasteiger partial charge on any atom is 0.256 e. The van der Waals surface area contributed by atoms with Crippen molar-refractivity contribution in [2.45, 2.75) is 12.1 Å². The monoisotopic (exact) mass is 269 g/mol. The molecule has 0 saturated heterocycles. The first-order valence-corrected chi connectivity index (χ1v) is 5.14. The van der Waals surface area contributed by atoms with Gasteiger partial charge in [-0.3, -0.25) is 0 Å².